The van der Waals surface area contributed by atoms with Gasteiger partial charge in [0.1, 0.15) is 16.5 Å². The van der Waals surface area contributed by atoms with E-state index in [4.69, 9.17) is 16.3 Å². The molecule has 5 nitrogen and oxygen atoms in total. The largest absolute Gasteiger partial charge is 0.378 e. The van der Waals surface area contributed by atoms with Crippen molar-refractivity contribution in [3.63, 3.8) is 0 Å². The molecule has 1 saturated heterocycles. The van der Waals surface area contributed by atoms with Crippen LogP contribution in [0, 0.1) is 11.6 Å². The molecule has 0 saturated carbocycles. The van der Waals surface area contributed by atoms with E-state index in [1.807, 2.05) is 4.90 Å². The number of halogens is 3. The Morgan fingerprint density at radius 3 is 2.56 bits per heavy atom. The second-order valence-electron chi connectivity index (χ2n) is 5.42. The lowest BCUT2D eigenvalue weighted by molar-refractivity contribution is 0.123. The van der Waals surface area contributed by atoms with Gasteiger partial charge in [0, 0.05) is 13.1 Å². The fraction of sp³-hybridized carbons (Fsp3) is 0.250. The molecule has 1 aliphatic rings. The average Bonchev–Trinajstić information content (AvgIpc) is 2.57. The van der Waals surface area contributed by atoms with Crippen molar-refractivity contribution in [2.45, 2.75) is 4.90 Å². The summed E-state index contributed by atoms with van der Waals surface area (Å²) in [6.45, 7) is 2.03. The number of rotatable bonds is 4. The van der Waals surface area contributed by atoms with Gasteiger partial charge < -0.3 is 9.64 Å². The van der Waals surface area contributed by atoms with E-state index in [-0.39, 0.29) is 5.69 Å². The van der Waals surface area contributed by atoms with E-state index < -0.39 is 26.6 Å². The number of ether oxygens (including phenoxy) is 1. The molecule has 0 amide bonds. The normalized spacial score (nSPS) is 15.2. The van der Waals surface area contributed by atoms with Crippen LogP contribution >= 0.6 is 11.6 Å². The third-order valence-corrected chi connectivity index (χ3v) is 5.43. The number of sulfonamides is 1. The first-order chi connectivity index (χ1) is 11.9. The molecule has 0 unspecified atom stereocenters. The lowest BCUT2D eigenvalue weighted by Crippen LogP contribution is -2.37. The molecule has 25 heavy (non-hydrogen) atoms. The summed E-state index contributed by atoms with van der Waals surface area (Å²) in [7, 11) is -4.33. The van der Waals surface area contributed by atoms with Crippen LogP contribution in [0.4, 0.5) is 20.2 Å². The maximum atomic E-state index is 13.9. The van der Waals surface area contributed by atoms with Gasteiger partial charge >= 0.3 is 0 Å². The lowest BCUT2D eigenvalue weighted by atomic mass is 10.2. The van der Waals surface area contributed by atoms with Crippen molar-refractivity contribution in [3.05, 3.63) is 53.1 Å². The molecular formula is C16H15ClF2N2O3S. The van der Waals surface area contributed by atoms with E-state index in [0.717, 1.165) is 12.1 Å². The summed E-state index contributed by atoms with van der Waals surface area (Å²) in [5.74, 6) is -1.88. The Bertz CT molecular complexity index is 887. The highest BCUT2D eigenvalue weighted by molar-refractivity contribution is 7.92. The van der Waals surface area contributed by atoms with Crippen molar-refractivity contribution >= 4 is 33.0 Å². The molecule has 2 aromatic carbocycles. The summed E-state index contributed by atoms with van der Waals surface area (Å²) in [6, 6.07) is 6.98. The Morgan fingerprint density at radius 2 is 1.84 bits per heavy atom. The van der Waals surface area contributed by atoms with Crippen LogP contribution in [0.1, 0.15) is 0 Å². The molecular weight excluding hydrogens is 374 g/mol. The number of nitrogens with one attached hydrogen (secondary N) is 1. The number of hydrogen-bond acceptors (Lipinski definition) is 4. The maximum absolute atomic E-state index is 13.9. The van der Waals surface area contributed by atoms with Crippen molar-refractivity contribution in [1.29, 1.82) is 0 Å². The highest BCUT2D eigenvalue weighted by Crippen LogP contribution is 2.35. The first kappa shape index (κ1) is 17.9. The van der Waals surface area contributed by atoms with Crippen LogP contribution in [-0.4, -0.2) is 34.7 Å². The van der Waals surface area contributed by atoms with Crippen LogP contribution in [-0.2, 0) is 14.8 Å². The summed E-state index contributed by atoms with van der Waals surface area (Å²) in [5, 5.41) is 0.349. The van der Waals surface area contributed by atoms with Crippen LogP contribution in [0.15, 0.2) is 41.3 Å². The molecule has 3 rings (SSSR count). The fourth-order valence-electron chi connectivity index (χ4n) is 2.59. The minimum atomic E-state index is -4.33. The van der Waals surface area contributed by atoms with E-state index in [2.05, 4.69) is 4.72 Å². The van der Waals surface area contributed by atoms with Gasteiger partial charge in [0.15, 0.2) is 0 Å². The molecule has 1 aliphatic heterocycles. The topological polar surface area (TPSA) is 58.6 Å². The van der Waals surface area contributed by atoms with Crippen LogP contribution in [0.5, 0.6) is 0 Å². The molecule has 1 heterocycles. The molecule has 0 atom stereocenters. The lowest BCUT2D eigenvalue weighted by Gasteiger charge is -2.31. The van der Waals surface area contributed by atoms with E-state index >= 15 is 0 Å². The Hall–Kier alpha value is -1.90. The quantitative estimate of drug-likeness (QED) is 0.873. The Balaban J connectivity index is 2.00. The van der Waals surface area contributed by atoms with Crippen LogP contribution < -0.4 is 9.62 Å². The number of anilines is 2. The summed E-state index contributed by atoms with van der Waals surface area (Å²) >= 11 is 6.24. The van der Waals surface area contributed by atoms with Gasteiger partial charge in [-0.2, -0.15) is 0 Å². The average molecular weight is 389 g/mol. The van der Waals surface area contributed by atoms with Gasteiger partial charge in [-0.05, 0) is 30.3 Å². The number of nitrogens with zero attached hydrogens (tertiary/aromatic N) is 1. The molecule has 0 aliphatic carbocycles. The smallest absolute Gasteiger partial charge is 0.264 e. The first-order valence-electron chi connectivity index (χ1n) is 7.47. The molecule has 1 N–H and O–H groups in total. The molecule has 2 aromatic rings. The number of morpholine rings is 1. The van der Waals surface area contributed by atoms with Crippen molar-refractivity contribution in [2.75, 3.05) is 35.9 Å². The fourth-order valence-corrected chi connectivity index (χ4v) is 4.04. The van der Waals surface area contributed by atoms with Crippen molar-refractivity contribution in [2.24, 2.45) is 0 Å². The van der Waals surface area contributed by atoms with Crippen LogP contribution in [0.25, 0.3) is 0 Å². The van der Waals surface area contributed by atoms with E-state index in [9.17, 15) is 17.2 Å². The third kappa shape index (κ3) is 3.86. The minimum absolute atomic E-state index is 0.193. The molecule has 0 spiro atoms. The third-order valence-electron chi connectivity index (χ3n) is 3.74. The Labute approximate surface area is 149 Å². The Kier molecular flexibility index (Phi) is 5.12. The van der Waals surface area contributed by atoms with Gasteiger partial charge in [0.25, 0.3) is 10.0 Å². The van der Waals surface area contributed by atoms with Crippen LogP contribution in [0.3, 0.4) is 0 Å². The molecule has 0 aromatic heterocycles. The van der Waals surface area contributed by atoms with E-state index in [1.165, 1.54) is 6.07 Å². The number of para-hydroxylation sites is 1. The molecule has 134 valence electrons. The second-order valence-corrected chi connectivity index (χ2v) is 7.47. The molecule has 0 radical (unpaired) electrons. The zero-order valence-electron chi connectivity index (χ0n) is 13.0. The van der Waals surface area contributed by atoms with Gasteiger partial charge in [-0.3, -0.25) is 4.72 Å². The van der Waals surface area contributed by atoms with E-state index in [0.29, 0.717) is 43.1 Å². The minimum Gasteiger partial charge on any atom is -0.378 e. The predicted octanol–water partition coefficient (Wildman–Crippen LogP) is 3.26. The van der Waals surface area contributed by atoms with Crippen LogP contribution in [0.2, 0.25) is 5.02 Å². The monoisotopic (exact) mass is 388 g/mol. The van der Waals surface area contributed by atoms with Gasteiger partial charge in [0.2, 0.25) is 0 Å². The molecule has 9 heteroatoms. The standard InChI is InChI=1S/C16H15ClF2N2O3S/c17-12-2-1-3-14(16(12)21-6-8-24-9-7-21)20-25(22,23)15-10-11(18)4-5-13(15)19/h1-5,10,20H,6-9H2. The molecule has 0 bridgehead atoms. The maximum Gasteiger partial charge on any atom is 0.264 e. The first-order valence-corrected chi connectivity index (χ1v) is 9.34. The van der Waals surface area contributed by atoms with E-state index in [1.54, 1.807) is 12.1 Å². The summed E-state index contributed by atoms with van der Waals surface area (Å²) in [5.41, 5.74) is 0.672. The number of hydrogen-bond donors (Lipinski definition) is 1. The van der Waals surface area contributed by atoms with Crippen molar-refractivity contribution in [1.82, 2.24) is 0 Å². The van der Waals surface area contributed by atoms with Gasteiger partial charge in [-0.1, -0.05) is 17.7 Å². The highest BCUT2D eigenvalue weighted by atomic mass is 35.5. The SMILES string of the molecule is O=S(=O)(Nc1cccc(Cl)c1N1CCOCC1)c1cc(F)ccc1F. The van der Waals surface area contributed by atoms with Crippen molar-refractivity contribution in [3.8, 4) is 0 Å². The Morgan fingerprint density at radius 1 is 1.12 bits per heavy atom. The highest BCUT2D eigenvalue weighted by Gasteiger charge is 2.24. The number of benzene rings is 2. The van der Waals surface area contributed by atoms with Gasteiger partial charge in [0.05, 0.1) is 29.6 Å². The summed E-state index contributed by atoms with van der Waals surface area (Å²) in [4.78, 5) is 1.12. The predicted molar refractivity (Wildman–Crippen MR) is 91.7 cm³/mol. The summed E-state index contributed by atoms with van der Waals surface area (Å²) in [6.07, 6.45) is 0. The van der Waals surface area contributed by atoms with Gasteiger partial charge in [-0.25, -0.2) is 17.2 Å². The molecule has 1 fully saturated rings. The van der Waals surface area contributed by atoms with Gasteiger partial charge in [-0.15, -0.1) is 0 Å². The summed E-state index contributed by atoms with van der Waals surface area (Å²) < 4.78 is 59.8. The second kappa shape index (κ2) is 7.15. The zero-order chi connectivity index (χ0) is 18.0. The zero-order valence-corrected chi connectivity index (χ0v) is 14.6. The van der Waals surface area contributed by atoms with Crippen molar-refractivity contribution < 1.29 is 21.9 Å².